The van der Waals surface area contributed by atoms with Crippen molar-refractivity contribution in [2.45, 2.75) is 6.54 Å². The Kier molecular flexibility index (Phi) is 3.46. The van der Waals surface area contributed by atoms with Gasteiger partial charge in [-0.15, -0.1) is 0 Å². The average Bonchev–Trinajstić information content (AvgIpc) is 2.16. The quantitative estimate of drug-likeness (QED) is 0.719. The fourth-order valence-electron chi connectivity index (χ4n) is 0.974. The molecule has 0 saturated heterocycles. The van der Waals surface area contributed by atoms with Crippen molar-refractivity contribution in [3.05, 3.63) is 42.2 Å². The maximum Gasteiger partial charge on any atom is 0.169 e. The summed E-state index contributed by atoms with van der Waals surface area (Å²) in [7, 11) is 0. The van der Waals surface area contributed by atoms with Crippen molar-refractivity contribution in [3.8, 4) is 5.75 Å². The largest absolute Gasteiger partial charge is 0.486 e. The molecule has 2 N–H and O–H groups in total. The van der Waals surface area contributed by atoms with Crippen LogP contribution in [0, 0.1) is 5.82 Å². The summed E-state index contributed by atoms with van der Waals surface area (Å²) in [5.41, 5.74) is 5.79. The molecule has 0 spiro atoms. The van der Waals surface area contributed by atoms with Crippen LogP contribution in [0.1, 0.15) is 5.56 Å². The third-order valence-corrected chi connectivity index (χ3v) is 1.62. The van der Waals surface area contributed by atoms with Gasteiger partial charge in [-0.05, 0) is 6.07 Å². The van der Waals surface area contributed by atoms with Crippen LogP contribution in [0.4, 0.5) is 4.39 Å². The lowest BCUT2D eigenvalue weighted by Crippen LogP contribution is -2.02. The molecule has 0 bridgehead atoms. The Morgan fingerprint density at radius 3 is 2.92 bits per heavy atom. The zero-order valence-electron chi connectivity index (χ0n) is 7.29. The molecule has 0 heterocycles. The third-order valence-electron chi connectivity index (χ3n) is 1.62. The summed E-state index contributed by atoms with van der Waals surface area (Å²) < 4.78 is 18.4. The number of nitrogens with two attached hydrogens (primary N) is 1. The molecule has 1 aromatic carbocycles. The van der Waals surface area contributed by atoms with Crippen LogP contribution in [0.5, 0.6) is 5.75 Å². The van der Waals surface area contributed by atoms with Crippen molar-refractivity contribution in [2.75, 3.05) is 6.61 Å². The molecule has 0 unspecified atom stereocenters. The summed E-state index contributed by atoms with van der Waals surface area (Å²) in [5, 5.41) is 0. The van der Waals surface area contributed by atoms with E-state index in [2.05, 4.69) is 6.58 Å². The summed E-state index contributed by atoms with van der Waals surface area (Å²) in [5.74, 6) is -0.158. The van der Waals surface area contributed by atoms with Gasteiger partial charge < -0.3 is 10.5 Å². The molecule has 0 saturated carbocycles. The lowest BCUT2D eigenvalue weighted by atomic mass is 10.2. The molecular formula is C10H12FNO. The van der Waals surface area contributed by atoms with E-state index in [1.54, 1.807) is 24.3 Å². The van der Waals surface area contributed by atoms with Gasteiger partial charge >= 0.3 is 0 Å². The van der Waals surface area contributed by atoms with E-state index in [4.69, 9.17) is 10.5 Å². The van der Waals surface area contributed by atoms with E-state index in [0.29, 0.717) is 12.2 Å². The van der Waals surface area contributed by atoms with Gasteiger partial charge in [0.1, 0.15) is 6.61 Å². The Bertz CT molecular complexity index is 299. The molecule has 3 heteroatoms. The highest BCUT2D eigenvalue weighted by Gasteiger charge is 2.06. The van der Waals surface area contributed by atoms with Gasteiger partial charge in [0.15, 0.2) is 11.6 Å². The monoisotopic (exact) mass is 181 g/mol. The average molecular weight is 181 g/mol. The molecule has 13 heavy (non-hydrogen) atoms. The van der Waals surface area contributed by atoms with Gasteiger partial charge in [0.25, 0.3) is 0 Å². The lowest BCUT2D eigenvalue weighted by molar-refractivity contribution is 0.340. The van der Waals surface area contributed by atoms with Gasteiger partial charge in [0.2, 0.25) is 0 Å². The summed E-state index contributed by atoms with van der Waals surface area (Å²) in [6, 6.07) is 4.91. The Morgan fingerprint density at radius 2 is 2.31 bits per heavy atom. The maximum atomic E-state index is 13.4. The third kappa shape index (κ3) is 2.29. The minimum atomic E-state index is -0.383. The van der Waals surface area contributed by atoms with Crippen LogP contribution in [0.3, 0.4) is 0 Å². The van der Waals surface area contributed by atoms with Crippen LogP contribution < -0.4 is 10.5 Å². The number of hydrogen-bond acceptors (Lipinski definition) is 2. The van der Waals surface area contributed by atoms with Gasteiger partial charge in [0.05, 0.1) is 0 Å². The molecule has 0 amide bonds. The van der Waals surface area contributed by atoms with E-state index >= 15 is 0 Å². The number of benzene rings is 1. The van der Waals surface area contributed by atoms with E-state index in [1.807, 2.05) is 0 Å². The first kappa shape index (κ1) is 9.74. The molecule has 0 atom stereocenters. The fraction of sp³-hybridized carbons (Fsp3) is 0.200. The second kappa shape index (κ2) is 4.62. The minimum absolute atomic E-state index is 0.178. The van der Waals surface area contributed by atoms with E-state index < -0.39 is 0 Å². The fourth-order valence-corrected chi connectivity index (χ4v) is 0.974. The van der Waals surface area contributed by atoms with Gasteiger partial charge in [0, 0.05) is 12.1 Å². The summed E-state index contributed by atoms with van der Waals surface area (Å²) in [4.78, 5) is 0. The predicted octanol–water partition coefficient (Wildman–Crippen LogP) is 1.85. The van der Waals surface area contributed by atoms with Crippen LogP contribution in [0.2, 0.25) is 0 Å². The van der Waals surface area contributed by atoms with Crippen LogP contribution >= 0.6 is 0 Å². The number of ether oxygens (including phenoxy) is 1. The molecule has 1 rings (SSSR count). The first-order valence-corrected chi connectivity index (χ1v) is 4.00. The molecule has 1 aromatic rings. The summed E-state index contributed by atoms with van der Waals surface area (Å²) in [6.45, 7) is 3.95. The predicted molar refractivity (Wildman–Crippen MR) is 50.0 cm³/mol. The topological polar surface area (TPSA) is 35.2 Å². The SMILES string of the molecule is C=CCOc1cccc(CN)c1F. The Balaban J connectivity index is 2.87. The van der Waals surface area contributed by atoms with Crippen molar-refractivity contribution in [1.82, 2.24) is 0 Å². The van der Waals surface area contributed by atoms with Gasteiger partial charge in [-0.2, -0.15) is 0 Å². The molecule has 0 fully saturated rings. The van der Waals surface area contributed by atoms with E-state index in [9.17, 15) is 4.39 Å². The molecular weight excluding hydrogens is 169 g/mol. The molecule has 0 aliphatic heterocycles. The molecule has 70 valence electrons. The highest BCUT2D eigenvalue weighted by Crippen LogP contribution is 2.19. The van der Waals surface area contributed by atoms with Gasteiger partial charge in [-0.3, -0.25) is 0 Å². The highest BCUT2D eigenvalue weighted by molar-refractivity contribution is 5.31. The zero-order valence-corrected chi connectivity index (χ0v) is 7.29. The highest BCUT2D eigenvalue weighted by atomic mass is 19.1. The van der Waals surface area contributed by atoms with Crippen molar-refractivity contribution < 1.29 is 9.13 Å². The maximum absolute atomic E-state index is 13.4. The molecule has 0 radical (unpaired) electrons. The van der Waals surface area contributed by atoms with Crippen LogP contribution in [0.15, 0.2) is 30.9 Å². The Hall–Kier alpha value is -1.35. The van der Waals surface area contributed by atoms with Gasteiger partial charge in [-0.1, -0.05) is 24.8 Å². The first-order chi connectivity index (χ1) is 6.29. The second-order valence-electron chi connectivity index (χ2n) is 2.53. The second-order valence-corrected chi connectivity index (χ2v) is 2.53. The van der Waals surface area contributed by atoms with E-state index in [1.165, 1.54) is 0 Å². The summed E-state index contributed by atoms with van der Waals surface area (Å²) >= 11 is 0. The normalized spacial score (nSPS) is 9.69. The molecule has 0 aliphatic carbocycles. The number of hydrogen-bond donors (Lipinski definition) is 1. The van der Waals surface area contributed by atoms with Crippen LogP contribution in [0.25, 0.3) is 0 Å². The standard InChI is InChI=1S/C10H12FNO/c1-2-6-13-9-5-3-4-8(7-12)10(9)11/h2-5H,1,6-7,12H2. The smallest absolute Gasteiger partial charge is 0.169 e. The van der Waals surface area contributed by atoms with Crippen LogP contribution in [-0.4, -0.2) is 6.61 Å². The van der Waals surface area contributed by atoms with Crippen molar-refractivity contribution >= 4 is 0 Å². The van der Waals surface area contributed by atoms with Crippen molar-refractivity contribution in [3.63, 3.8) is 0 Å². The molecule has 0 aromatic heterocycles. The summed E-state index contributed by atoms with van der Waals surface area (Å²) in [6.07, 6.45) is 1.56. The van der Waals surface area contributed by atoms with Crippen molar-refractivity contribution in [1.29, 1.82) is 0 Å². The number of rotatable bonds is 4. The van der Waals surface area contributed by atoms with Crippen molar-refractivity contribution in [2.24, 2.45) is 5.73 Å². The Morgan fingerprint density at radius 1 is 1.54 bits per heavy atom. The molecule has 2 nitrogen and oxygen atoms in total. The lowest BCUT2D eigenvalue weighted by Gasteiger charge is -2.06. The zero-order chi connectivity index (χ0) is 9.68. The first-order valence-electron chi connectivity index (χ1n) is 4.00. The van der Waals surface area contributed by atoms with Crippen LogP contribution in [-0.2, 0) is 6.54 Å². The molecule has 0 aliphatic rings. The van der Waals surface area contributed by atoms with E-state index in [-0.39, 0.29) is 18.1 Å². The van der Waals surface area contributed by atoms with Gasteiger partial charge in [-0.25, -0.2) is 4.39 Å². The minimum Gasteiger partial charge on any atom is -0.486 e. The number of halogens is 1. The van der Waals surface area contributed by atoms with E-state index in [0.717, 1.165) is 0 Å². The Labute approximate surface area is 76.8 Å².